The molecule has 1 atom stereocenters. The number of anilines is 1. The van der Waals surface area contributed by atoms with E-state index in [0.29, 0.717) is 5.69 Å². The van der Waals surface area contributed by atoms with Gasteiger partial charge < -0.3 is 10.1 Å². The van der Waals surface area contributed by atoms with E-state index in [1.165, 1.54) is 17.3 Å². The van der Waals surface area contributed by atoms with E-state index in [1.54, 1.807) is 0 Å². The highest BCUT2D eigenvalue weighted by Gasteiger charge is 2.24. The Hall–Kier alpha value is -3.05. The van der Waals surface area contributed by atoms with Gasteiger partial charge >= 0.3 is 5.97 Å². The van der Waals surface area contributed by atoms with Gasteiger partial charge in [0.15, 0.2) is 6.61 Å². The van der Waals surface area contributed by atoms with Gasteiger partial charge in [-0.05, 0) is 41.8 Å². The molecule has 4 nitrogen and oxygen atoms in total. The highest BCUT2D eigenvalue weighted by Crippen LogP contribution is 2.36. The third-order valence-corrected chi connectivity index (χ3v) is 5.55. The van der Waals surface area contributed by atoms with E-state index in [9.17, 15) is 9.59 Å². The summed E-state index contributed by atoms with van der Waals surface area (Å²) < 4.78 is 5.34. The zero-order chi connectivity index (χ0) is 20.5. The van der Waals surface area contributed by atoms with E-state index in [1.807, 2.05) is 84.9 Å². The van der Waals surface area contributed by atoms with Crippen LogP contribution in [0.25, 0.3) is 0 Å². The molecule has 0 unspecified atom stereocenters. The van der Waals surface area contributed by atoms with Crippen LogP contribution in [0.5, 0.6) is 0 Å². The minimum Gasteiger partial charge on any atom is -0.454 e. The maximum atomic E-state index is 12.8. The predicted molar refractivity (Wildman–Crippen MR) is 117 cm³/mol. The molecule has 3 aromatic carbocycles. The number of thioether (sulfide) groups is 1. The van der Waals surface area contributed by atoms with Crippen LogP contribution in [0.3, 0.4) is 0 Å². The van der Waals surface area contributed by atoms with E-state index in [0.717, 1.165) is 16.9 Å². The molecule has 3 aromatic rings. The number of aryl methyl sites for hydroxylation is 1. The fourth-order valence-electron chi connectivity index (χ4n) is 2.75. The number of esters is 1. The number of hydrogen-bond acceptors (Lipinski definition) is 4. The molecule has 0 saturated carbocycles. The lowest BCUT2D eigenvalue weighted by Gasteiger charge is -2.16. The van der Waals surface area contributed by atoms with Crippen molar-refractivity contribution in [3.8, 4) is 0 Å². The van der Waals surface area contributed by atoms with Crippen molar-refractivity contribution in [2.24, 2.45) is 0 Å². The van der Waals surface area contributed by atoms with Crippen molar-refractivity contribution in [3.63, 3.8) is 0 Å². The normalized spacial score (nSPS) is 11.5. The first-order chi connectivity index (χ1) is 14.2. The lowest BCUT2D eigenvalue weighted by molar-refractivity contribution is -0.146. The second-order valence-corrected chi connectivity index (χ2v) is 7.61. The predicted octanol–water partition coefficient (Wildman–Crippen LogP) is 5.26. The smallest absolute Gasteiger partial charge is 0.324 e. The highest BCUT2D eigenvalue weighted by atomic mass is 32.2. The van der Waals surface area contributed by atoms with Crippen molar-refractivity contribution in [1.82, 2.24) is 0 Å². The van der Waals surface area contributed by atoms with Crippen LogP contribution < -0.4 is 5.32 Å². The summed E-state index contributed by atoms with van der Waals surface area (Å²) in [5.74, 6) is -0.805. The maximum Gasteiger partial charge on any atom is 0.324 e. The number of carbonyl (C=O) groups is 2. The Balaban J connectivity index is 1.62. The van der Waals surface area contributed by atoms with Crippen molar-refractivity contribution in [2.45, 2.75) is 23.5 Å². The van der Waals surface area contributed by atoms with Crippen LogP contribution in [0.2, 0.25) is 0 Å². The van der Waals surface area contributed by atoms with Crippen LogP contribution in [0.4, 0.5) is 5.69 Å². The van der Waals surface area contributed by atoms with Crippen LogP contribution in [-0.4, -0.2) is 18.5 Å². The van der Waals surface area contributed by atoms with Gasteiger partial charge in [-0.1, -0.05) is 67.6 Å². The van der Waals surface area contributed by atoms with Gasteiger partial charge in [0.1, 0.15) is 5.25 Å². The second-order valence-electron chi connectivity index (χ2n) is 6.43. The molecule has 1 amide bonds. The molecule has 0 radical (unpaired) electrons. The fourth-order valence-corrected chi connectivity index (χ4v) is 3.79. The first-order valence-corrected chi connectivity index (χ1v) is 10.4. The minimum absolute atomic E-state index is 0.326. The molecule has 5 heteroatoms. The zero-order valence-electron chi connectivity index (χ0n) is 16.2. The summed E-state index contributed by atoms with van der Waals surface area (Å²) in [5.41, 5.74) is 2.71. The van der Waals surface area contributed by atoms with Crippen LogP contribution in [0.15, 0.2) is 89.8 Å². The summed E-state index contributed by atoms with van der Waals surface area (Å²) in [6.45, 7) is 1.75. The van der Waals surface area contributed by atoms with Crippen molar-refractivity contribution in [1.29, 1.82) is 0 Å². The Bertz CT molecular complexity index is 927. The molecule has 0 aliphatic rings. The van der Waals surface area contributed by atoms with Gasteiger partial charge in [-0.25, -0.2) is 0 Å². The van der Waals surface area contributed by atoms with E-state index >= 15 is 0 Å². The van der Waals surface area contributed by atoms with Crippen molar-refractivity contribution in [3.05, 3.63) is 96.1 Å². The van der Waals surface area contributed by atoms with Crippen LogP contribution in [-0.2, 0) is 20.7 Å². The molecule has 0 fully saturated rings. The van der Waals surface area contributed by atoms with E-state index in [-0.39, 0.29) is 12.5 Å². The maximum absolute atomic E-state index is 12.8. The lowest BCUT2D eigenvalue weighted by Crippen LogP contribution is -2.23. The number of amides is 1. The van der Waals surface area contributed by atoms with Crippen LogP contribution in [0.1, 0.15) is 23.3 Å². The Morgan fingerprint density at radius 3 is 2.14 bits per heavy atom. The largest absolute Gasteiger partial charge is 0.454 e. The van der Waals surface area contributed by atoms with Gasteiger partial charge in [-0.3, -0.25) is 9.59 Å². The molecule has 1 N–H and O–H groups in total. The number of carbonyl (C=O) groups excluding carboxylic acids is 2. The molecule has 0 aliphatic carbocycles. The molecular formula is C24H23NO3S. The van der Waals surface area contributed by atoms with Crippen molar-refractivity contribution in [2.75, 3.05) is 11.9 Å². The van der Waals surface area contributed by atoms with E-state index < -0.39 is 11.2 Å². The minimum atomic E-state index is -0.546. The molecule has 0 spiro atoms. The number of nitrogens with one attached hydrogen (secondary N) is 1. The van der Waals surface area contributed by atoms with Gasteiger partial charge in [0.05, 0.1) is 0 Å². The Morgan fingerprint density at radius 2 is 1.52 bits per heavy atom. The molecule has 3 rings (SSSR count). The third kappa shape index (κ3) is 6.22. The van der Waals surface area contributed by atoms with E-state index in [2.05, 4.69) is 12.2 Å². The molecule has 0 bridgehead atoms. The molecule has 0 heterocycles. The molecule has 148 valence electrons. The standard InChI is InChI=1S/C24H23NO3S/c1-2-18-13-15-20(16-14-18)25-22(26)17-28-24(27)23(19-9-5-3-6-10-19)29-21-11-7-4-8-12-21/h3-16,23H,2,17H2,1H3,(H,25,26)/t23-/m1/s1. The summed E-state index contributed by atoms with van der Waals surface area (Å²) >= 11 is 1.40. The van der Waals surface area contributed by atoms with Gasteiger partial charge in [0.2, 0.25) is 0 Å². The summed E-state index contributed by atoms with van der Waals surface area (Å²) in [5, 5.41) is 2.21. The Kier molecular flexibility index (Phi) is 7.47. The average molecular weight is 406 g/mol. The van der Waals surface area contributed by atoms with Crippen molar-refractivity contribution < 1.29 is 14.3 Å². The van der Waals surface area contributed by atoms with Gasteiger partial charge in [0.25, 0.3) is 5.91 Å². The highest BCUT2D eigenvalue weighted by molar-refractivity contribution is 8.00. The quantitative estimate of drug-likeness (QED) is 0.410. The summed E-state index contributed by atoms with van der Waals surface area (Å²) in [6.07, 6.45) is 0.936. The number of benzene rings is 3. The van der Waals surface area contributed by atoms with Gasteiger partial charge in [0, 0.05) is 10.6 Å². The fraction of sp³-hybridized carbons (Fsp3) is 0.167. The summed E-state index contributed by atoms with van der Waals surface area (Å²) in [4.78, 5) is 25.9. The molecule has 29 heavy (non-hydrogen) atoms. The topological polar surface area (TPSA) is 55.4 Å². The summed E-state index contributed by atoms with van der Waals surface area (Å²) in [7, 11) is 0. The first-order valence-electron chi connectivity index (χ1n) is 9.48. The van der Waals surface area contributed by atoms with Crippen molar-refractivity contribution >= 4 is 29.3 Å². The average Bonchev–Trinajstić information content (AvgIpc) is 2.77. The number of hydrogen-bond donors (Lipinski definition) is 1. The van der Waals surface area contributed by atoms with Crippen LogP contribution >= 0.6 is 11.8 Å². The third-order valence-electron chi connectivity index (χ3n) is 4.31. The number of rotatable bonds is 8. The van der Waals surface area contributed by atoms with Gasteiger partial charge in [-0.15, -0.1) is 11.8 Å². The summed E-state index contributed by atoms with van der Waals surface area (Å²) in [6, 6.07) is 26.7. The van der Waals surface area contributed by atoms with Gasteiger partial charge in [-0.2, -0.15) is 0 Å². The molecule has 0 aliphatic heterocycles. The Morgan fingerprint density at radius 1 is 0.897 bits per heavy atom. The lowest BCUT2D eigenvalue weighted by atomic mass is 10.1. The molecule has 0 saturated heterocycles. The molecule has 0 aromatic heterocycles. The zero-order valence-corrected chi connectivity index (χ0v) is 17.0. The molecular weight excluding hydrogens is 382 g/mol. The van der Waals surface area contributed by atoms with Crippen LogP contribution in [0, 0.1) is 0 Å². The monoisotopic (exact) mass is 405 g/mol. The van der Waals surface area contributed by atoms with E-state index in [4.69, 9.17) is 4.74 Å². The Labute approximate surface area is 175 Å². The SMILES string of the molecule is CCc1ccc(NC(=O)COC(=O)[C@H](Sc2ccccc2)c2ccccc2)cc1. The number of ether oxygens (including phenoxy) is 1. The second kappa shape index (κ2) is 10.5. The first kappa shape index (κ1) is 20.7.